The Labute approximate surface area is 150 Å². The Hall–Kier alpha value is -2.08. The number of hydrogen-bond acceptors (Lipinski definition) is 5. The van der Waals surface area contributed by atoms with Crippen LogP contribution < -0.4 is 4.74 Å². The number of carbonyl (C=O) groups excluding carboxylic acids is 2. The zero-order valence-corrected chi connectivity index (χ0v) is 15.6. The van der Waals surface area contributed by atoms with Crippen LogP contribution in [0.15, 0.2) is 24.3 Å². The van der Waals surface area contributed by atoms with E-state index in [0.717, 1.165) is 12.2 Å². The maximum absolute atomic E-state index is 12.7. The van der Waals surface area contributed by atoms with Gasteiger partial charge in [0.05, 0.1) is 19.6 Å². The lowest BCUT2D eigenvalue weighted by molar-refractivity contribution is -0.140. The molecule has 0 aliphatic carbocycles. The molecule has 1 aromatic carbocycles. The first-order valence-electron chi connectivity index (χ1n) is 8.68. The first kappa shape index (κ1) is 21.0. The van der Waals surface area contributed by atoms with Crippen molar-refractivity contribution < 1.29 is 23.8 Å². The van der Waals surface area contributed by atoms with Crippen LogP contribution in [0.5, 0.6) is 5.75 Å². The van der Waals surface area contributed by atoms with E-state index in [1.54, 1.807) is 29.2 Å². The van der Waals surface area contributed by atoms with Gasteiger partial charge in [0.1, 0.15) is 5.75 Å². The average Bonchev–Trinajstić information content (AvgIpc) is 2.60. The maximum atomic E-state index is 12.7. The number of rotatable bonds is 11. The summed E-state index contributed by atoms with van der Waals surface area (Å²) in [5.41, 5.74) is 0.567. The van der Waals surface area contributed by atoms with Crippen LogP contribution in [0.3, 0.4) is 0 Å². The van der Waals surface area contributed by atoms with E-state index in [4.69, 9.17) is 9.47 Å². The van der Waals surface area contributed by atoms with Gasteiger partial charge in [-0.3, -0.25) is 9.59 Å². The highest BCUT2D eigenvalue weighted by Crippen LogP contribution is 2.15. The van der Waals surface area contributed by atoms with E-state index in [1.165, 1.54) is 7.11 Å². The van der Waals surface area contributed by atoms with Crippen molar-refractivity contribution in [2.45, 2.75) is 39.7 Å². The lowest BCUT2D eigenvalue weighted by atomic mass is 10.1. The lowest BCUT2D eigenvalue weighted by Gasteiger charge is -2.22. The summed E-state index contributed by atoms with van der Waals surface area (Å²) in [6.45, 7) is 7.91. The van der Waals surface area contributed by atoms with Gasteiger partial charge in [0, 0.05) is 31.9 Å². The van der Waals surface area contributed by atoms with Crippen LogP contribution in [-0.2, 0) is 14.3 Å². The van der Waals surface area contributed by atoms with Gasteiger partial charge < -0.3 is 19.1 Å². The molecule has 0 spiro atoms. The molecule has 0 heterocycles. The Morgan fingerprint density at radius 1 is 1.12 bits per heavy atom. The zero-order chi connectivity index (χ0) is 18.7. The summed E-state index contributed by atoms with van der Waals surface area (Å²) < 4.78 is 15.6. The SMILES string of the molecule is CCOCCCN(CCC(=O)OC)C(=O)c1ccc(OC(C)C)cc1. The van der Waals surface area contributed by atoms with Crippen LogP contribution in [0.25, 0.3) is 0 Å². The third-order valence-electron chi connectivity index (χ3n) is 3.49. The normalized spacial score (nSPS) is 10.6. The Morgan fingerprint density at radius 3 is 2.36 bits per heavy atom. The standard InChI is InChI=1S/C19H29NO5/c1-5-24-14-6-12-20(13-11-18(21)23-4)19(22)16-7-9-17(10-8-16)25-15(2)3/h7-10,15H,5-6,11-14H2,1-4H3. The molecule has 6 heteroatoms. The number of esters is 1. The molecular weight excluding hydrogens is 322 g/mol. The molecule has 0 aliphatic heterocycles. The third kappa shape index (κ3) is 8.03. The minimum Gasteiger partial charge on any atom is -0.491 e. The summed E-state index contributed by atoms with van der Waals surface area (Å²) in [4.78, 5) is 25.8. The molecular formula is C19H29NO5. The third-order valence-corrected chi connectivity index (χ3v) is 3.49. The van der Waals surface area contributed by atoms with E-state index in [-0.39, 0.29) is 24.4 Å². The van der Waals surface area contributed by atoms with E-state index in [0.29, 0.717) is 31.9 Å². The van der Waals surface area contributed by atoms with Crippen LogP contribution in [0.2, 0.25) is 0 Å². The van der Waals surface area contributed by atoms with Gasteiger partial charge in [0.25, 0.3) is 5.91 Å². The Morgan fingerprint density at radius 2 is 1.80 bits per heavy atom. The summed E-state index contributed by atoms with van der Waals surface area (Å²) in [6.07, 6.45) is 0.970. The first-order chi connectivity index (χ1) is 12.0. The Balaban J connectivity index is 2.73. The molecule has 0 fully saturated rings. The van der Waals surface area contributed by atoms with Crippen molar-refractivity contribution in [2.24, 2.45) is 0 Å². The van der Waals surface area contributed by atoms with Crippen molar-refractivity contribution in [3.63, 3.8) is 0 Å². The summed E-state index contributed by atoms with van der Waals surface area (Å²) in [7, 11) is 1.34. The Kier molecular flexibility index (Phi) is 9.62. The van der Waals surface area contributed by atoms with Gasteiger partial charge in [0.15, 0.2) is 0 Å². The van der Waals surface area contributed by atoms with Gasteiger partial charge in [-0.2, -0.15) is 0 Å². The van der Waals surface area contributed by atoms with Gasteiger partial charge in [-0.05, 0) is 51.5 Å². The van der Waals surface area contributed by atoms with Crippen molar-refractivity contribution >= 4 is 11.9 Å². The van der Waals surface area contributed by atoms with E-state index in [1.807, 2.05) is 20.8 Å². The largest absolute Gasteiger partial charge is 0.491 e. The van der Waals surface area contributed by atoms with Crippen LogP contribution in [0.1, 0.15) is 44.0 Å². The monoisotopic (exact) mass is 351 g/mol. The fraction of sp³-hybridized carbons (Fsp3) is 0.579. The molecule has 0 radical (unpaired) electrons. The minimum absolute atomic E-state index is 0.0803. The van der Waals surface area contributed by atoms with Crippen LogP contribution in [0.4, 0.5) is 0 Å². The fourth-order valence-corrected chi connectivity index (χ4v) is 2.28. The highest BCUT2D eigenvalue weighted by atomic mass is 16.5. The molecule has 0 aromatic heterocycles. The predicted octanol–water partition coefficient (Wildman–Crippen LogP) is 2.91. The number of benzene rings is 1. The number of carbonyl (C=O) groups is 2. The maximum Gasteiger partial charge on any atom is 0.307 e. The number of amides is 1. The summed E-state index contributed by atoms with van der Waals surface area (Å²) >= 11 is 0. The molecule has 1 aromatic rings. The molecule has 0 bridgehead atoms. The summed E-state index contributed by atoms with van der Waals surface area (Å²) in [5, 5.41) is 0. The molecule has 0 aliphatic rings. The average molecular weight is 351 g/mol. The molecule has 25 heavy (non-hydrogen) atoms. The fourth-order valence-electron chi connectivity index (χ4n) is 2.28. The van der Waals surface area contributed by atoms with E-state index < -0.39 is 0 Å². The van der Waals surface area contributed by atoms with Gasteiger partial charge >= 0.3 is 5.97 Å². The number of hydrogen-bond donors (Lipinski definition) is 0. The quantitative estimate of drug-likeness (QED) is 0.453. The number of nitrogens with zero attached hydrogens (tertiary/aromatic N) is 1. The highest BCUT2D eigenvalue weighted by molar-refractivity contribution is 5.94. The second-order valence-corrected chi connectivity index (χ2v) is 5.86. The van der Waals surface area contributed by atoms with Crippen molar-refractivity contribution in [1.82, 2.24) is 4.90 Å². The lowest BCUT2D eigenvalue weighted by Crippen LogP contribution is -2.34. The smallest absolute Gasteiger partial charge is 0.307 e. The van der Waals surface area contributed by atoms with Crippen molar-refractivity contribution in [2.75, 3.05) is 33.4 Å². The van der Waals surface area contributed by atoms with Gasteiger partial charge in [-0.1, -0.05) is 0 Å². The van der Waals surface area contributed by atoms with Gasteiger partial charge in [0.2, 0.25) is 0 Å². The van der Waals surface area contributed by atoms with Crippen molar-refractivity contribution in [3.05, 3.63) is 29.8 Å². The molecule has 1 amide bonds. The molecule has 1 rings (SSSR count). The number of methoxy groups -OCH3 is 1. The molecule has 140 valence electrons. The summed E-state index contributed by atoms with van der Waals surface area (Å²) in [5.74, 6) is 0.281. The van der Waals surface area contributed by atoms with E-state index in [9.17, 15) is 9.59 Å². The molecule has 6 nitrogen and oxygen atoms in total. The van der Waals surface area contributed by atoms with Gasteiger partial charge in [-0.25, -0.2) is 0 Å². The number of ether oxygens (including phenoxy) is 3. The van der Waals surface area contributed by atoms with Crippen LogP contribution in [-0.4, -0.2) is 56.3 Å². The van der Waals surface area contributed by atoms with E-state index >= 15 is 0 Å². The predicted molar refractivity (Wildman–Crippen MR) is 95.9 cm³/mol. The molecule has 0 unspecified atom stereocenters. The molecule has 0 saturated carbocycles. The second-order valence-electron chi connectivity index (χ2n) is 5.86. The first-order valence-corrected chi connectivity index (χ1v) is 8.68. The molecule has 0 N–H and O–H groups in total. The second kappa shape index (κ2) is 11.5. The Bertz CT molecular complexity index is 527. The van der Waals surface area contributed by atoms with Crippen LogP contribution >= 0.6 is 0 Å². The van der Waals surface area contributed by atoms with E-state index in [2.05, 4.69) is 4.74 Å². The molecule has 0 atom stereocenters. The summed E-state index contributed by atoms with van der Waals surface area (Å²) in [6, 6.07) is 7.05. The minimum atomic E-state index is -0.330. The van der Waals surface area contributed by atoms with Crippen molar-refractivity contribution in [1.29, 1.82) is 0 Å². The topological polar surface area (TPSA) is 65.1 Å². The molecule has 0 saturated heterocycles. The zero-order valence-electron chi connectivity index (χ0n) is 15.6. The van der Waals surface area contributed by atoms with Crippen LogP contribution in [0, 0.1) is 0 Å². The van der Waals surface area contributed by atoms with Gasteiger partial charge in [-0.15, -0.1) is 0 Å². The van der Waals surface area contributed by atoms with Crippen molar-refractivity contribution in [3.8, 4) is 5.75 Å². The highest BCUT2D eigenvalue weighted by Gasteiger charge is 2.17.